The zero-order valence-corrected chi connectivity index (χ0v) is 10.6. The molecule has 3 heteroatoms. The molecule has 2 aliphatic rings. The number of hydrogen-bond acceptors (Lipinski definition) is 2. The molecular formula is C12H21NOS. The number of nitrogens with zero attached hydrogens (tertiary/aromatic N) is 1. The van der Waals surface area contributed by atoms with Crippen molar-refractivity contribution in [3.05, 3.63) is 0 Å². The van der Waals surface area contributed by atoms with Gasteiger partial charge in [0.15, 0.2) is 0 Å². The Labute approximate surface area is 96.8 Å². The molecule has 15 heavy (non-hydrogen) atoms. The van der Waals surface area contributed by atoms with Crippen molar-refractivity contribution in [2.24, 2.45) is 5.92 Å². The van der Waals surface area contributed by atoms with Crippen LogP contribution in [0.3, 0.4) is 0 Å². The molecule has 0 unspecified atom stereocenters. The molecule has 0 bridgehead atoms. The quantitative estimate of drug-likeness (QED) is 0.723. The molecule has 0 aromatic carbocycles. The predicted octanol–water partition coefficient (Wildman–Crippen LogP) is 2.88. The van der Waals surface area contributed by atoms with E-state index in [0.29, 0.717) is 17.6 Å². The minimum Gasteiger partial charge on any atom is -0.327 e. The third kappa shape index (κ3) is 2.17. The summed E-state index contributed by atoms with van der Waals surface area (Å²) in [5.74, 6) is 1.68. The summed E-state index contributed by atoms with van der Waals surface area (Å²) in [6.45, 7) is 5.35. The Kier molecular flexibility index (Phi) is 3.29. The molecule has 1 aliphatic carbocycles. The van der Waals surface area contributed by atoms with Crippen molar-refractivity contribution in [1.29, 1.82) is 0 Å². The van der Waals surface area contributed by atoms with E-state index >= 15 is 0 Å². The molecule has 0 N–H and O–H groups in total. The van der Waals surface area contributed by atoms with Crippen LogP contribution in [0.25, 0.3) is 0 Å². The van der Waals surface area contributed by atoms with Gasteiger partial charge in [0.25, 0.3) is 0 Å². The van der Waals surface area contributed by atoms with Crippen molar-refractivity contribution in [3.8, 4) is 0 Å². The second-order valence-corrected chi connectivity index (χ2v) is 6.53. The molecule has 1 aliphatic heterocycles. The van der Waals surface area contributed by atoms with Crippen LogP contribution in [0.2, 0.25) is 0 Å². The molecule has 1 saturated carbocycles. The third-order valence-electron chi connectivity index (χ3n) is 3.44. The van der Waals surface area contributed by atoms with Gasteiger partial charge in [-0.1, -0.05) is 33.1 Å². The van der Waals surface area contributed by atoms with Crippen molar-refractivity contribution in [1.82, 2.24) is 4.90 Å². The van der Waals surface area contributed by atoms with Crippen molar-refractivity contribution >= 4 is 17.7 Å². The van der Waals surface area contributed by atoms with E-state index in [1.165, 1.54) is 32.1 Å². The van der Waals surface area contributed by atoms with E-state index in [1.54, 1.807) is 0 Å². The molecule has 0 aromatic rings. The number of amides is 1. The monoisotopic (exact) mass is 227 g/mol. The summed E-state index contributed by atoms with van der Waals surface area (Å²) >= 11 is 1.90. The molecule has 0 atom stereocenters. The second-order valence-electron chi connectivity index (χ2n) is 5.19. The van der Waals surface area contributed by atoms with Gasteiger partial charge in [0.2, 0.25) is 5.91 Å². The van der Waals surface area contributed by atoms with Gasteiger partial charge in [0.1, 0.15) is 0 Å². The average molecular weight is 227 g/mol. The van der Waals surface area contributed by atoms with Crippen LogP contribution in [0.15, 0.2) is 0 Å². The van der Waals surface area contributed by atoms with E-state index < -0.39 is 0 Å². The standard InChI is InChI=1S/C12H21NOS/c1-10(2)8-13-11(14)9-15-12(13)6-4-3-5-7-12/h10H,3-9H2,1-2H3. The number of hydrogen-bond donors (Lipinski definition) is 0. The van der Waals surface area contributed by atoms with Crippen LogP contribution in [0.5, 0.6) is 0 Å². The van der Waals surface area contributed by atoms with Crippen LogP contribution in [0.1, 0.15) is 46.0 Å². The summed E-state index contributed by atoms with van der Waals surface area (Å²) in [6, 6.07) is 0. The van der Waals surface area contributed by atoms with Crippen LogP contribution >= 0.6 is 11.8 Å². The highest BCUT2D eigenvalue weighted by atomic mass is 32.2. The smallest absolute Gasteiger partial charge is 0.233 e. The van der Waals surface area contributed by atoms with Gasteiger partial charge in [0.05, 0.1) is 10.6 Å². The molecule has 2 rings (SSSR count). The van der Waals surface area contributed by atoms with Crippen LogP contribution in [-0.2, 0) is 4.79 Å². The minimum atomic E-state index is 0.194. The van der Waals surface area contributed by atoms with Gasteiger partial charge in [-0.15, -0.1) is 11.8 Å². The molecule has 86 valence electrons. The minimum absolute atomic E-state index is 0.194. The Hall–Kier alpha value is -0.180. The van der Waals surface area contributed by atoms with E-state index in [0.717, 1.165) is 6.54 Å². The Morgan fingerprint density at radius 3 is 2.60 bits per heavy atom. The molecule has 1 amide bonds. The highest BCUT2D eigenvalue weighted by Crippen LogP contribution is 2.47. The van der Waals surface area contributed by atoms with E-state index in [4.69, 9.17) is 0 Å². The Morgan fingerprint density at radius 2 is 2.00 bits per heavy atom. The molecule has 0 radical (unpaired) electrons. The topological polar surface area (TPSA) is 20.3 Å². The van der Waals surface area contributed by atoms with Gasteiger partial charge < -0.3 is 4.90 Å². The third-order valence-corrected chi connectivity index (χ3v) is 5.00. The maximum absolute atomic E-state index is 11.9. The first-order chi connectivity index (χ1) is 7.14. The fourth-order valence-electron chi connectivity index (χ4n) is 2.73. The lowest BCUT2D eigenvalue weighted by Crippen LogP contribution is -2.47. The normalized spacial score (nSPS) is 25.5. The highest BCUT2D eigenvalue weighted by molar-refractivity contribution is 8.01. The first-order valence-corrected chi connectivity index (χ1v) is 7.07. The summed E-state index contributed by atoms with van der Waals surface area (Å²) in [6.07, 6.45) is 6.39. The summed E-state index contributed by atoms with van der Waals surface area (Å²) < 4.78 is 0. The zero-order chi connectivity index (χ0) is 10.9. The average Bonchev–Trinajstić information content (AvgIpc) is 2.48. The van der Waals surface area contributed by atoms with Gasteiger partial charge in [-0.05, 0) is 18.8 Å². The zero-order valence-electron chi connectivity index (χ0n) is 9.79. The Morgan fingerprint density at radius 1 is 1.33 bits per heavy atom. The summed E-state index contributed by atoms with van der Waals surface area (Å²) in [7, 11) is 0. The number of carbonyl (C=O) groups is 1. The molecule has 2 fully saturated rings. The molecule has 0 aromatic heterocycles. The van der Waals surface area contributed by atoms with Crippen molar-refractivity contribution in [2.45, 2.75) is 50.8 Å². The lowest BCUT2D eigenvalue weighted by molar-refractivity contribution is -0.131. The number of carbonyl (C=O) groups excluding carboxylic acids is 1. The SMILES string of the molecule is CC(C)CN1C(=O)CSC12CCCCC2. The van der Waals surface area contributed by atoms with Crippen LogP contribution in [-0.4, -0.2) is 28.0 Å². The lowest BCUT2D eigenvalue weighted by Gasteiger charge is -2.41. The molecule has 1 heterocycles. The number of thioether (sulfide) groups is 1. The lowest BCUT2D eigenvalue weighted by atomic mass is 9.93. The van der Waals surface area contributed by atoms with Crippen molar-refractivity contribution in [3.63, 3.8) is 0 Å². The van der Waals surface area contributed by atoms with Gasteiger partial charge in [-0.25, -0.2) is 0 Å². The summed E-state index contributed by atoms with van der Waals surface area (Å²) in [4.78, 5) is 14.3. The first-order valence-electron chi connectivity index (χ1n) is 6.08. The molecule has 1 saturated heterocycles. The van der Waals surface area contributed by atoms with E-state index in [9.17, 15) is 4.79 Å². The van der Waals surface area contributed by atoms with Crippen LogP contribution < -0.4 is 0 Å². The molecule has 1 spiro atoms. The van der Waals surface area contributed by atoms with Gasteiger partial charge >= 0.3 is 0 Å². The van der Waals surface area contributed by atoms with Crippen molar-refractivity contribution in [2.75, 3.05) is 12.3 Å². The Balaban J connectivity index is 2.11. The Bertz CT molecular complexity index is 246. The summed E-state index contributed by atoms with van der Waals surface area (Å²) in [5.41, 5.74) is 0. The summed E-state index contributed by atoms with van der Waals surface area (Å²) in [5, 5.41) is 0. The maximum atomic E-state index is 11.9. The van der Waals surface area contributed by atoms with Crippen LogP contribution in [0, 0.1) is 5.92 Å². The first kappa shape index (κ1) is 11.3. The second kappa shape index (κ2) is 4.36. The van der Waals surface area contributed by atoms with Crippen molar-refractivity contribution < 1.29 is 4.79 Å². The highest BCUT2D eigenvalue weighted by Gasteiger charge is 2.46. The molecular weight excluding hydrogens is 206 g/mol. The maximum Gasteiger partial charge on any atom is 0.233 e. The number of rotatable bonds is 2. The van der Waals surface area contributed by atoms with E-state index in [2.05, 4.69) is 18.7 Å². The largest absolute Gasteiger partial charge is 0.327 e. The fourth-order valence-corrected chi connectivity index (χ4v) is 4.19. The van der Waals surface area contributed by atoms with Gasteiger partial charge in [0, 0.05) is 6.54 Å². The fraction of sp³-hybridized carbons (Fsp3) is 0.917. The molecule has 2 nitrogen and oxygen atoms in total. The van der Waals surface area contributed by atoms with Gasteiger partial charge in [-0.3, -0.25) is 4.79 Å². The van der Waals surface area contributed by atoms with E-state index in [1.807, 2.05) is 11.8 Å². The van der Waals surface area contributed by atoms with E-state index in [-0.39, 0.29) is 4.87 Å². The van der Waals surface area contributed by atoms with Gasteiger partial charge in [-0.2, -0.15) is 0 Å². The van der Waals surface area contributed by atoms with Crippen LogP contribution in [0.4, 0.5) is 0 Å². The predicted molar refractivity (Wildman–Crippen MR) is 64.8 cm³/mol.